The molecule has 2 heterocycles. The summed E-state index contributed by atoms with van der Waals surface area (Å²) < 4.78 is 25.8. The molecule has 1 fully saturated rings. The predicted octanol–water partition coefficient (Wildman–Crippen LogP) is 1.64. The number of thiazole rings is 1. The molecule has 1 aliphatic heterocycles. The van der Waals surface area contributed by atoms with Gasteiger partial charge in [-0.2, -0.15) is 0 Å². The molecule has 2 rings (SSSR count). The van der Waals surface area contributed by atoms with Gasteiger partial charge in [0, 0.05) is 17.5 Å². The van der Waals surface area contributed by atoms with E-state index in [1.165, 1.54) is 11.3 Å². The SMILES string of the molecule is CCc1cnc(NC(=O)C2CC(F)(F)CN2)s1. The highest BCUT2D eigenvalue weighted by molar-refractivity contribution is 7.15. The Morgan fingerprint density at radius 1 is 1.76 bits per heavy atom. The van der Waals surface area contributed by atoms with Crippen molar-refractivity contribution in [3.8, 4) is 0 Å². The van der Waals surface area contributed by atoms with Crippen LogP contribution in [0, 0.1) is 0 Å². The van der Waals surface area contributed by atoms with Gasteiger partial charge in [-0.15, -0.1) is 11.3 Å². The van der Waals surface area contributed by atoms with E-state index in [1.807, 2.05) is 6.92 Å². The van der Waals surface area contributed by atoms with Crippen LogP contribution < -0.4 is 10.6 Å². The van der Waals surface area contributed by atoms with Crippen molar-refractivity contribution in [2.45, 2.75) is 31.7 Å². The Balaban J connectivity index is 1.93. The van der Waals surface area contributed by atoms with Crippen molar-refractivity contribution >= 4 is 22.4 Å². The molecular weight excluding hydrogens is 248 g/mol. The number of hydrogen-bond donors (Lipinski definition) is 2. The summed E-state index contributed by atoms with van der Waals surface area (Å²) in [6.07, 6.45) is 2.06. The third kappa shape index (κ3) is 2.98. The lowest BCUT2D eigenvalue weighted by Crippen LogP contribution is -2.35. The number of carbonyl (C=O) groups excluding carboxylic acids is 1. The standard InChI is InChI=1S/C10H13F2N3OS/c1-2-6-4-13-9(17-6)15-8(16)7-3-10(11,12)5-14-7/h4,7,14H,2-3,5H2,1H3,(H,13,15,16). The van der Waals surface area contributed by atoms with E-state index >= 15 is 0 Å². The highest BCUT2D eigenvalue weighted by atomic mass is 32.1. The maximum absolute atomic E-state index is 12.9. The van der Waals surface area contributed by atoms with Gasteiger partial charge in [-0.3, -0.25) is 10.1 Å². The molecule has 2 N–H and O–H groups in total. The van der Waals surface area contributed by atoms with E-state index in [9.17, 15) is 13.6 Å². The molecule has 1 saturated heterocycles. The topological polar surface area (TPSA) is 54.0 Å². The zero-order valence-electron chi connectivity index (χ0n) is 9.30. The average Bonchev–Trinajstić information content (AvgIpc) is 2.84. The van der Waals surface area contributed by atoms with Gasteiger partial charge in [0.15, 0.2) is 5.13 Å². The molecule has 1 aliphatic rings. The van der Waals surface area contributed by atoms with Crippen LogP contribution in [0.5, 0.6) is 0 Å². The summed E-state index contributed by atoms with van der Waals surface area (Å²) in [7, 11) is 0. The second-order valence-electron chi connectivity index (χ2n) is 3.97. The lowest BCUT2D eigenvalue weighted by Gasteiger charge is -2.08. The van der Waals surface area contributed by atoms with E-state index in [1.54, 1.807) is 6.20 Å². The Labute approximate surface area is 101 Å². The zero-order valence-corrected chi connectivity index (χ0v) is 10.1. The summed E-state index contributed by atoms with van der Waals surface area (Å²) in [6.45, 7) is 1.54. The second-order valence-corrected chi connectivity index (χ2v) is 5.08. The quantitative estimate of drug-likeness (QED) is 0.869. The molecule has 17 heavy (non-hydrogen) atoms. The number of hydrogen-bond acceptors (Lipinski definition) is 4. The van der Waals surface area contributed by atoms with Crippen molar-refractivity contribution in [2.75, 3.05) is 11.9 Å². The smallest absolute Gasteiger partial charge is 0.262 e. The predicted molar refractivity (Wildman–Crippen MR) is 61.5 cm³/mol. The first-order valence-corrected chi connectivity index (χ1v) is 6.18. The number of nitrogens with one attached hydrogen (secondary N) is 2. The Hall–Kier alpha value is -1.08. The maximum Gasteiger partial charge on any atom is 0.262 e. The number of amides is 1. The van der Waals surface area contributed by atoms with Crippen molar-refractivity contribution < 1.29 is 13.6 Å². The van der Waals surface area contributed by atoms with Crippen LogP contribution in [0.2, 0.25) is 0 Å². The number of nitrogens with zero attached hydrogens (tertiary/aromatic N) is 1. The fraction of sp³-hybridized carbons (Fsp3) is 0.600. The lowest BCUT2D eigenvalue weighted by molar-refractivity contribution is -0.118. The number of anilines is 1. The second kappa shape index (κ2) is 4.66. The Morgan fingerprint density at radius 3 is 3.06 bits per heavy atom. The number of aromatic nitrogens is 1. The minimum Gasteiger partial charge on any atom is -0.301 e. The molecule has 0 aliphatic carbocycles. The van der Waals surface area contributed by atoms with Gasteiger partial charge in [-0.1, -0.05) is 6.92 Å². The van der Waals surface area contributed by atoms with Crippen molar-refractivity contribution in [3.63, 3.8) is 0 Å². The molecule has 1 aromatic rings. The first-order valence-electron chi connectivity index (χ1n) is 5.37. The molecule has 0 bridgehead atoms. The van der Waals surface area contributed by atoms with Crippen LogP contribution in [0.4, 0.5) is 13.9 Å². The van der Waals surface area contributed by atoms with E-state index < -0.39 is 30.8 Å². The first kappa shape index (κ1) is 12.4. The van der Waals surface area contributed by atoms with Crippen molar-refractivity contribution in [1.29, 1.82) is 0 Å². The van der Waals surface area contributed by atoms with Crippen LogP contribution in [0.1, 0.15) is 18.2 Å². The molecule has 0 radical (unpaired) electrons. The van der Waals surface area contributed by atoms with E-state index in [2.05, 4.69) is 15.6 Å². The van der Waals surface area contributed by atoms with Crippen molar-refractivity contribution in [3.05, 3.63) is 11.1 Å². The molecule has 4 nitrogen and oxygen atoms in total. The fourth-order valence-corrected chi connectivity index (χ4v) is 2.38. The fourth-order valence-electron chi connectivity index (χ4n) is 1.62. The molecule has 0 spiro atoms. The van der Waals surface area contributed by atoms with Gasteiger partial charge in [0.1, 0.15) is 0 Å². The highest BCUT2D eigenvalue weighted by Gasteiger charge is 2.42. The molecular formula is C10H13F2N3OS. The van der Waals surface area contributed by atoms with Gasteiger partial charge >= 0.3 is 0 Å². The maximum atomic E-state index is 12.9. The summed E-state index contributed by atoms with van der Waals surface area (Å²) in [5, 5.41) is 5.51. The third-order valence-electron chi connectivity index (χ3n) is 2.56. The van der Waals surface area contributed by atoms with Crippen LogP contribution in [0.3, 0.4) is 0 Å². The van der Waals surface area contributed by atoms with E-state index in [4.69, 9.17) is 0 Å². The summed E-state index contributed by atoms with van der Waals surface area (Å²) in [5.41, 5.74) is 0. The summed E-state index contributed by atoms with van der Waals surface area (Å²) in [6, 6.07) is -0.834. The number of rotatable bonds is 3. The molecule has 0 aromatic carbocycles. The average molecular weight is 261 g/mol. The van der Waals surface area contributed by atoms with Gasteiger partial charge in [-0.25, -0.2) is 13.8 Å². The van der Waals surface area contributed by atoms with Gasteiger partial charge in [0.05, 0.1) is 12.6 Å². The molecule has 1 atom stereocenters. The molecule has 94 valence electrons. The minimum absolute atomic E-state index is 0.441. The third-order valence-corrected chi connectivity index (χ3v) is 3.62. The molecule has 0 saturated carbocycles. The molecule has 1 amide bonds. The first-order chi connectivity index (χ1) is 8.00. The normalized spacial score (nSPS) is 22.6. The molecule has 1 unspecified atom stereocenters. The van der Waals surface area contributed by atoms with Crippen LogP contribution in [-0.2, 0) is 11.2 Å². The lowest BCUT2D eigenvalue weighted by atomic mass is 10.2. The van der Waals surface area contributed by atoms with Gasteiger partial charge < -0.3 is 5.32 Å². The van der Waals surface area contributed by atoms with Crippen LogP contribution >= 0.6 is 11.3 Å². The van der Waals surface area contributed by atoms with Gasteiger partial charge in [0.2, 0.25) is 5.91 Å². The Kier molecular flexibility index (Phi) is 3.39. The largest absolute Gasteiger partial charge is 0.301 e. The van der Waals surface area contributed by atoms with Crippen molar-refractivity contribution in [2.24, 2.45) is 0 Å². The van der Waals surface area contributed by atoms with Crippen molar-refractivity contribution in [1.82, 2.24) is 10.3 Å². The van der Waals surface area contributed by atoms with Crippen LogP contribution in [0.25, 0.3) is 0 Å². The van der Waals surface area contributed by atoms with E-state index in [0.29, 0.717) is 5.13 Å². The minimum atomic E-state index is -2.79. The van der Waals surface area contributed by atoms with E-state index in [0.717, 1.165) is 11.3 Å². The summed E-state index contributed by atoms with van der Waals surface area (Å²) >= 11 is 1.36. The number of halogens is 2. The van der Waals surface area contributed by atoms with Gasteiger partial charge in [0.25, 0.3) is 5.92 Å². The molecule has 1 aromatic heterocycles. The zero-order chi connectivity index (χ0) is 12.5. The number of alkyl halides is 2. The summed E-state index contributed by atoms with van der Waals surface area (Å²) in [4.78, 5) is 16.7. The number of carbonyl (C=O) groups is 1. The Bertz CT molecular complexity index is 421. The summed E-state index contributed by atoms with van der Waals surface area (Å²) in [5.74, 6) is -3.24. The highest BCUT2D eigenvalue weighted by Crippen LogP contribution is 2.26. The van der Waals surface area contributed by atoms with Crippen LogP contribution in [-0.4, -0.2) is 29.4 Å². The Morgan fingerprint density at radius 2 is 2.53 bits per heavy atom. The van der Waals surface area contributed by atoms with E-state index in [-0.39, 0.29) is 0 Å². The van der Waals surface area contributed by atoms with Crippen LogP contribution in [0.15, 0.2) is 6.20 Å². The number of aryl methyl sites for hydroxylation is 1. The van der Waals surface area contributed by atoms with Gasteiger partial charge in [-0.05, 0) is 6.42 Å². The monoisotopic (exact) mass is 261 g/mol. The molecule has 7 heteroatoms.